The van der Waals surface area contributed by atoms with Crippen LogP contribution in [0.5, 0.6) is 11.8 Å². The number of terminal acetylenes is 1. The third-order valence-corrected chi connectivity index (χ3v) is 12.2. The van der Waals surface area contributed by atoms with Gasteiger partial charge in [0.15, 0.2) is 5.82 Å². The Labute approximate surface area is 311 Å². The third kappa shape index (κ3) is 5.72. The number of rotatable bonds is 10. The van der Waals surface area contributed by atoms with Crippen molar-refractivity contribution in [3.63, 3.8) is 0 Å². The lowest BCUT2D eigenvalue weighted by molar-refractivity contribution is 0.107. The number of anilines is 1. The van der Waals surface area contributed by atoms with E-state index in [1.165, 1.54) is 24.3 Å². The lowest BCUT2D eigenvalue weighted by atomic mass is 9.91. The van der Waals surface area contributed by atoms with Crippen LogP contribution >= 0.6 is 0 Å². The smallest absolute Gasteiger partial charge is 0.319 e. The zero-order valence-electron chi connectivity index (χ0n) is 30.6. The Morgan fingerprint density at radius 2 is 1.89 bits per heavy atom. The summed E-state index contributed by atoms with van der Waals surface area (Å²) in [4.78, 5) is 16.8. The SMILES string of the molecule is C#Cc1c(F)ccc2cc(O)cc(-c3c(F)c4nc(OC[C@@]56CCCN5C[C@H](F)C6)nc(N5CC6CCC(C5)N6CCCOCC)c4c4cn(C)nc34)c12. The summed E-state index contributed by atoms with van der Waals surface area (Å²) in [6.07, 6.45) is 11.9. The van der Waals surface area contributed by atoms with Gasteiger partial charge in [-0.05, 0) is 74.7 Å². The molecule has 54 heavy (non-hydrogen) atoms. The third-order valence-electron chi connectivity index (χ3n) is 12.2. The Kier molecular flexibility index (Phi) is 8.83. The predicted octanol–water partition coefficient (Wildman–Crippen LogP) is 6.34. The molecule has 6 heterocycles. The standard InChI is InChI=1S/C41H44F3N7O3/c1-4-29-32(43)11-8-24-16-28(52)17-30(33(24)29)34-36(44)38-35(31-22-48(3)47-37(31)34)39(49-20-26-9-10-27(21-49)51(26)14-7-15-53-5-2)46-40(45-38)54-23-41-12-6-13-50(41)19-25(42)18-41/h1,8,11,16-17,22,25-27,52H,5-7,9-10,12-15,18-21,23H2,2-3H3/t25-,26?,27?,41+/m1/s1. The number of aryl methyl sites for hydroxylation is 1. The normalized spacial score (nSPS) is 24.3. The van der Waals surface area contributed by atoms with Crippen LogP contribution in [0, 0.1) is 24.0 Å². The van der Waals surface area contributed by atoms with Crippen LogP contribution in [0.15, 0.2) is 30.5 Å². The second-order valence-corrected chi connectivity index (χ2v) is 15.4. The van der Waals surface area contributed by atoms with Crippen LogP contribution in [0.3, 0.4) is 0 Å². The minimum atomic E-state index is -0.934. The first-order valence-corrected chi connectivity index (χ1v) is 19.1. The van der Waals surface area contributed by atoms with Crippen LogP contribution < -0.4 is 9.64 Å². The molecular weight excluding hydrogens is 695 g/mol. The molecule has 10 nitrogen and oxygen atoms in total. The van der Waals surface area contributed by atoms with E-state index >= 15 is 8.78 Å². The van der Waals surface area contributed by atoms with E-state index < -0.39 is 23.3 Å². The molecule has 4 saturated heterocycles. The molecule has 4 fully saturated rings. The second kappa shape index (κ2) is 13.6. The topological polar surface area (TPSA) is 92.0 Å². The number of phenols is 1. The molecule has 282 valence electrons. The molecule has 2 bridgehead atoms. The fourth-order valence-electron chi connectivity index (χ4n) is 9.89. The Morgan fingerprint density at radius 3 is 2.67 bits per heavy atom. The van der Waals surface area contributed by atoms with Crippen LogP contribution in [-0.2, 0) is 11.8 Å². The van der Waals surface area contributed by atoms with Crippen LogP contribution in [-0.4, -0.2) is 111 Å². The molecule has 1 N–H and O–H groups in total. The summed E-state index contributed by atoms with van der Waals surface area (Å²) in [5.41, 5.74) is 0.0453. The average Bonchev–Trinajstić information content (AvgIpc) is 3.87. The maximum Gasteiger partial charge on any atom is 0.319 e. The van der Waals surface area contributed by atoms with Gasteiger partial charge in [0.1, 0.15) is 41.2 Å². The minimum Gasteiger partial charge on any atom is -0.508 e. The van der Waals surface area contributed by atoms with Crippen molar-refractivity contribution in [2.24, 2.45) is 7.05 Å². The van der Waals surface area contributed by atoms with E-state index in [9.17, 15) is 9.50 Å². The zero-order chi connectivity index (χ0) is 37.3. The lowest BCUT2D eigenvalue weighted by Crippen LogP contribution is -2.54. The quantitative estimate of drug-likeness (QED) is 0.130. The van der Waals surface area contributed by atoms with Crippen molar-refractivity contribution in [2.75, 3.05) is 57.4 Å². The highest BCUT2D eigenvalue weighted by Gasteiger charge is 2.49. The van der Waals surface area contributed by atoms with Gasteiger partial charge in [-0.2, -0.15) is 15.1 Å². The zero-order valence-corrected chi connectivity index (χ0v) is 30.6. The Morgan fingerprint density at radius 1 is 1.07 bits per heavy atom. The van der Waals surface area contributed by atoms with Crippen molar-refractivity contribution in [3.05, 3.63) is 47.7 Å². The summed E-state index contributed by atoms with van der Waals surface area (Å²) < 4.78 is 61.3. The molecule has 2 aromatic heterocycles. The number of aromatic hydroxyl groups is 1. The van der Waals surface area contributed by atoms with Gasteiger partial charge in [0, 0.05) is 87.5 Å². The number of benzene rings is 3. The maximum atomic E-state index is 17.7. The number of piperazine rings is 1. The highest BCUT2D eigenvalue weighted by Crippen LogP contribution is 2.46. The summed E-state index contributed by atoms with van der Waals surface area (Å²) in [7, 11) is 1.76. The van der Waals surface area contributed by atoms with E-state index in [1.807, 2.05) is 13.1 Å². The van der Waals surface area contributed by atoms with E-state index in [1.54, 1.807) is 11.7 Å². The molecule has 4 aliphatic rings. The summed E-state index contributed by atoms with van der Waals surface area (Å²) >= 11 is 0. The molecule has 0 saturated carbocycles. The van der Waals surface area contributed by atoms with Crippen molar-refractivity contribution in [1.29, 1.82) is 0 Å². The second-order valence-electron chi connectivity index (χ2n) is 15.4. The minimum absolute atomic E-state index is 0.0109. The molecule has 0 aliphatic carbocycles. The van der Waals surface area contributed by atoms with E-state index in [-0.39, 0.29) is 58.0 Å². The van der Waals surface area contributed by atoms with Crippen molar-refractivity contribution in [1.82, 2.24) is 29.5 Å². The van der Waals surface area contributed by atoms with E-state index in [0.29, 0.717) is 60.2 Å². The fourth-order valence-corrected chi connectivity index (χ4v) is 9.89. The lowest BCUT2D eigenvalue weighted by Gasteiger charge is -2.42. The molecular formula is C41H44F3N7O3. The van der Waals surface area contributed by atoms with E-state index in [0.717, 1.165) is 51.8 Å². The Hall–Kier alpha value is -4.64. The number of aromatic nitrogens is 4. The maximum absolute atomic E-state index is 17.7. The predicted molar refractivity (Wildman–Crippen MR) is 202 cm³/mol. The van der Waals surface area contributed by atoms with Gasteiger partial charge in [-0.25, -0.2) is 13.2 Å². The van der Waals surface area contributed by atoms with Crippen LogP contribution in [0.2, 0.25) is 0 Å². The van der Waals surface area contributed by atoms with Crippen molar-refractivity contribution < 1.29 is 27.8 Å². The van der Waals surface area contributed by atoms with Gasteiger partial charge in [0.25, 0.3) is 0 Å². The van der Waals surface area contributed by atoms with E-state index in [4.69, 9.17) is 31.0 Å². The number of phenolic OH excluding ortho intramolecular Hbond substituents is 1. The number of hydrogen-bond donors (Lipinski definition) is 1. The summed E-state index contributed by atoms with van der Waals surface area (Å²) in [6.45, 7) is 7.11. The first kappa shape index (κ1) is 35.1. The van der Waals surface area contributed by atoms with Gasteiger partial charge >= 0.3 is 6.01 Å². The molecule has 4 aliphatic heterocycles. The molecule has 0 radical (unpaired) electrons. The Balaban J connectivity index is 1.22. The van der Waals surface area contributed by atoms with E-state index in [2.05, 4.69) is 20.6 Å². The first-order chi connectivity index (χ1) is 26.2. The number of alkyl halides is 1. The number of halogens is 3. The van der Waals surface area contributed by atoms with Gasteiger partial charge in [-0.15, -0.1) is 6.42 Å². The molecule has 9 rings (SSSR count). The molecule has 4 atom stereocenters. The largest absolute Gasteiger partial charge is 0.508 e. The molecule has 0 spiro atoms. The van der Waals surface area contributed by atoms with Gasteiger partial charge in [0.05, 0.1) is 16.5 Å². The highest BCUT2D eigenvalue weighted by molar-refractivity contribution is 6.18. The van der Waals surface area contributed by atoms with Gasteiger partial charge in [-0.3, -0.25) is 14.5 Å². The highest BCUT2D eigenvalue weighted by atomic mass is 19.1. The van der Waals surface area contributed by atoms with Crippen LogP contribution in [0.4, 0.5) is 19.0 Å². The van der Waals surface area contributed by atoms with Gasteiger partial charge in [0.2, 0.25) is 0 Å². The fraction of sp³-hybridized carbons (Fsp3) is 0.488. The van der Waals surface area contributed by atoms with Crippen LogP contribution in [0.25, 0.3) is 43.7 Å². The monoisotopic (exact) mass is 739 g/mol. The first-order valence-electron chi connectivity index (χ1n) is 19.1. The van der Waals surface area contributed by atoms with Crippen LogP contribution in [0.1, 0.15) is 51.0 Å². The van der Waals surface area contributed by atoms with Gasteiger partial charge in [-0.1, -0.05) is 12.0 Å². The summed E-state index contributed by atoms with van der Waals surface area (Å²) in [5.74, 6) is 1.50. The Bertz CT molecular complexity index is 2310. The summed E-state index contributed by atoms with van der Waals surface area (Å²) in [5, 5.41) is 17.5. The summed E-state index contributed by atoms with van der Waals surface area (Å²) in [6, 6.07) is 6.20. The number of ether oxygens (including phenoxy) is 2. The number of nitrogens with zero attached hydrogens (tertiary/aromatic N) is 7. The van der Waals surface area contributed by atoms with Crippen molar-refractivity contribution >= 4 is 38.4 Å². The number of hydrogen-bond acceptors (Lipinski definition) is 9. The van der Waals surface area contributed by atoms with Crippen molar-refractivity contribution in [2.45, 2.75) is 69.2 Å². The molecule has 13 heteroatoms. The number of fused-ring (bicyclic) bond motifs is 7. The average molecular weight is 740 g/mol. The molecule has 2 unspecified atom stereocenters. The molecule has 0 amide bonds. The molecule has 5 aromatic rings. The van der Waals surface area contributed by atoms with Gasteiger partial charge < -0.3 is 19.5 Å². The molecule has 3 aromatic carbocycles. The van der Waals surface area contributed by atoms with Crippen molar-refractivity contribution in [3.8, 4) is 35.2 Å².